The highest BCUT2D eigenvalue weighted by Crippen LogP contribution is 2.22. The van der Waals surface area contributed by atoms with Gasteiger partial charge in [-0.15, -0.1) is 0 Å². The molecule has 0 aromatic heterocycles. The summed E-state index contributed by atoms with van der Waals surface area (Å²) in [5.41, 5.74) is 1.14. The van der Waals surface area contributed by atoms with E-state index in [-0.39, 0.29) is 22.4 Å². The number of benzene rings is 2. The first-order valence-corrected chi connectivity index (χ1v) is 6.93. The van der Waals surface area contributed by atoms with Gasteiger partial charge in [-0.05, 0) is 31.2 Å². The van der Waals surface area contributed by atoms with Crippen molar-refractivity contribution in [3.8, 4) is 0 Å². The Kier molecular flexibility index (Phi) is 3.57. The molecular formula is C16H11N3O5. The van der Waals surface area contributed by atoms with E-state index < -0.39 is 22.6 Å². The van der Waals surface area contributed by atoms with Gasteiger partial charge in [-0.1, -0.05) is 6.07 Å². The number of nitrogens with one attached hydrogen (secondary N) is 2. The summed E-state index contributed by atoms with van der Waals surface area (Å²) in [6.07, 6.45) is 0. The first-order valence-electron chi connectivity index (χ1n) is 6.93. The summed E-state index contributed by atoms with van der Waals surface area (Å²) in [5, 5.41) is 15.7. The Morgan fingerprint density at radius 1 is 1.08 bits per heavy atom. The maximum absolute atomic E-state index is 12.2. The van der Waals surface area contributed by atoms with Gasteiger partial charge in [-0.2, -0.15) is 0 Å². The fraction of sp³-hybridized carbons (Fsp3) is 0.0625. The van der Waals surface area contributed by atoms with E-state index in [1.165, 1.54) is 36.4 Å². The number of carbonyl (C=O) groups excluding carboxylic acids is 3. The highest BCUT2D eigenvalue weighted by molar-refractivity contribution is 6.22. The summed E-state index contributed by atoms with van der Waals surface area (Å²) in [5.74, 6) is -1.57. The molecule has 0 radical (unpaired) electrons. The van der Waals surface area contributed by atoms with E-state index in [9.17, 15) is 24.5 Å². The van der Waals surface area contributed by atoms with E-state index in [0.717, 1.165) is 0 Å². The van der Waals surface area contributed by atoms with Crippen LogP contribution in [0.1, 0.15) is 36.6 Å². The molecule has 2 aromatic rings. The zero-order valence-corrected chi connectivity index (χ0v) is 12.5. The van der Waals surface area contributed by atoms with Crippen LogP contribution in [0.3, 0.4) is 0 Å². The second kappa shape index (κ2) is 5.58. The van der Waals surface area contributed by atoms with E-state index >= 15 is 0 Å². The largest absolute Gasteiger partial charge is 0.322 e. The van der Waals surface area contributed by atoms with Gasteiger partial charge in [0.25, 0.3) is 23.4 Å². The molecule has 0 atom stereocenters. The van der Waals surface area contributed by atoms with Crippen LogP contribution in [-0.2, 0) is 0 Å². The number of nitrogens with zero attached hydrogens (tertiary/aromatic N) is 1. The Morgan fingerprint density at radius 3 is 2.50 bits per heavy atom. The number of amides is 3. The van der Waals surface area contributed by atoms with E-state index in [2.05, 4.69) is 10.6 Å². The van der Waals surface area contributed by atoms with E-state index in [0.29, 0.717) is 11.3 Å². The van der Waals surface area contributed by atoms with E-state index in [1.807, 2.05) is 0 Å². The SMILES string of the molecule is Cc1ccc(C(=O)Nc2ccc3c(c2)C(=O)NC3=O)cc1[N+](=O)[O-]. The zero-order chi connectivity index (χ0) is 17.4. The van der Waals surface area contributed by atoms with Crippen LogP contribution in [0.15, 0.2) is 36.4 Å². The Hall–Kier alpha value is -3.55. The minimum absolute atomic E-state index is 0.119. The summed E-state index contributed by atoms with van der Waals surface area (Å²) in [6.45, 7) is 1.58. The molecule has 24 heavy (non-hydrogen) atoms. The standard InChI is InChI=1S/C16H11N3O5/c1-8-2-3-9(6-13(8)19(23)24)14(20)17-10-4-5-11-12(7-10)16(22)18-15(11)21/h2-7H,1H3,(H,17,20)(H,18,21,22). The molecule has 0 fully saturated rings. The lowest BCUT2D eigenvalue weighted by molar-refractivity contribution is -0.385. The molecule has 0 saturated heterocycles. The number of rotatable bonds is 3. The maximum Gasteiger partial charge on any atom is 0.273 e. The second-order valence-corrected chi connectivity index (χ2v) is 5.26. The zero-order valence-electron chi connectivity index (χ0n) is 12.5. The number of imide groups is 1. The molecule has 3 amide bonds. The smallest absolute Gasteiger partial charge is 0.273 e. The number of nitro groups is 1. The summed E-state index contributed by atoms with van der Waals surface area (Å²) in [7, 11) is 0. The number of hydrogen-bond donors (Lipinski definition) is 2. The van der Waals surface area contributed by atoms with Crippen LogP contribution in [0.2, 0.25) is 0 Å². The van der Waals surface area contributed by atoms with E-state index in [1.54, 1.807) is 6.92 Å². The molecule has 3 rings (SSSR count). The van der Waals surface area contributed by atoms with Crippen LogP contribution in [0.5, 0.6) is 0 Å². The normalized spacial score (nSPS) is 12.5. The molecule has 1 aliphatic heterocycles. The Labute approximate surface area is 135 Å². The lowest BCUT2D eigenvalue weighted by Gasteiger charge is -2.07. The quantitative estimate of drug-likeness (QED) is 0.508. The average molecular weight is 325 g/mol. The van der Waals surface area contributed by atoms with Crippen LogP contribution >= 0.6 is 0 Å². The third-order valence-electron chi connectivity index (χ3n) is 3.66. The Morgan fingerprint density at radius 2 is 1.79 bits per heavy atom. The molecule has 1 aliphatic rings. The fourth-order valence-electron chi connectivity index (χ4n) is 2.40. The number of hydrogen-bond acceptors (Lipinski definition) is 5. The van der Waals surface area contributed by atoms with Crippen LogP contribution in [0, 0.1) is 17.0 Å². The van der Waals surface area contributed by atoms with Crippen molar-refractivity contribution in [3.05, 3.63) is 68.8 Å². The molecule has 0 spiro atoms. The minimum Gasteiger partial charge on any atom is -0.322 e. The third kappa shape index (κ3) is 2.60. The number of nitro benzene ring substituents is 1. The van der Waals surface area contributed by atoms with Crippen molar-refractivity contribution in [1.29, 1.82) is 0 Å². The van der Waals surface area contributed by atoms with Crippen molar-refractivity contribution in [2.45, 2.75) is 6.92 Å². The molecule has 0 bridgehead atoms. The number of aryl methyl sites for hydroxylation is 1. The van der Waals surface area contributed by atoms with Crippen molar-refractivity contribution < 1.29 is 19.3 Å². The third-order valence-corrected chi connectivity index (χ3v) is 3.66. The van der Waals surface area contributed by atoms with Crippen molar-refractivity contribution in [2.75, 3.05) is 5.32 Å². The average Bonchev–Trinajstić information content (AvgIpc) is 2.81. The van der Waals surface area contributed by atoms with Gasteiger partial charge in [0.2, 0.25) is 0 Å². The lowest BCUT2D eigenvalue weighted by Crippen LogP contribution is -2.19. The van der Waals surface area contributed by atoms with Crippen LogP contribution in [0.4, 0.5) is 11.4 Å². The van der Waals surface area contributed by atoms with Gasteiger partial charge in [0, 0.05) is 22.9 Å². The minimum atomic E-state index is -0.558. The predicted octanol–water partition coefficient (Wildman–Crippen LogP) is 2.04. The van der Waals surface area contributed by atoms with Gasteiger partial charge in [-0.3, -0.25) is 29.8 Å². The number of carbonyl (C=O) groups is 3. The topological polar surface area (TPSA) is 118 Å². The molecule has 8 nitrogen and oxygen atoms in total. The van der Waals surface area contributed by atoms with Crippen molar-refractivity contribution >= 4 is 29.1 Å². The monoisotopic (exact) mass is 325 g/mol. The number of anilines is 1. The molecule has 0 saturated carbocycles. The van der Waals surface area contributed by atoms with Gasteiger partial charge in [0.05, 0.1) is 16.1 Å². The summed E-state index contributed by atoms with van der Waals surface area (Å²) >= 11 is 0. The van der Waals surface area contributed by atoms with Gasteiger partial charge < -0.3 is 5.32 Å². The van der Waals surface area contributed by atoms with Crippen LogP contribution in [-0.4, -0.2) is 22.6 Å². The first-order chi connectivity index (χ1) is 11.4. The molecule has 0 unspecified atom stereocenters. The van der Waals surface area contributed by atoms with E-state index in [4.69, 9.17) is 0 Å². The molecule has 0 aliphatic carbocycles. The maximum atomic E-state index is 12.2. The van der Waals surface area contributed by atoms with Crippen molar-refractivity contribution in [2.24, 2.45) is 0 Å². The Bertz CT molecular complexity index is 920. The van der Waals surface area contributed by atoms with Gasteiger partial charge >= 0.3 is 0 Å². The molecule has 2 aromatic carbocycles. The lowest BCUT2D eigenvalue weighted by atomic mass is 10.1. The Balaban J connectivity index is 1.87. The fourth-order valence-corrected chi connectivity index (χ4v) is 2.40. The van der Waals surface area contributed by atoms with Crippen molar-refractivity contribution in [3.63, 3.8) is 0 Å². The molecular weight excluding hydrogens is 314 g/mol. The molecule has 120 valence electrons. The summed E-state index contributed by atoms with van der Waals surface area (Å²) in [6, 6.07) is 8.45. The first kappa shape index (κ1) is 15.3. The summed E-state index contributed by atoms with van der Waals surface area (Å²) < 4.78 is 0. The summed E-state index contributed by atoms with van der Waals surface area (Å²) in [4.78, 5) is 45.7. The van der Waals surface area contributed by atoms with Gasteiger partial charge in [-0.25, -0.2) is 0 Å². The molecule has 1 heterocycles. The highest BCUT2D eigenvalue weighted by atomic mass is 16.6. The van der Waals surface area contributed by atoms with Gasteiger partial charge in [0.15, 0.2) is 0 Å². The molecule has 2 N–H and O–H groups in total. The highest BCUT2D eigenvalue weighted by Gasteiger charge is 2.27. The van der Waals surface area contributed by atoms with Crippen LogP contribution < -0.4 is 10.6 Å². The van der Waals surface area contributed by atoms with Crippen molar-refractivity contribution in [1.82, 2.24) is 5.32 Å². The van der Waals surface area contributed by atoms with Gasteiger partial charge in [0.1, 0.15) is 0 Å². The van der Waals surface area contributed by atoms with Crippen LogP contribution in [0.25, 0.3) is 0 Å². The number of fused-ring (bicyclic) bond motifs is 1. The second-order valence-electron chi connectivity index (χ2n) is 5.26. The predicted molar refractivity (Wildman–Crippen MR) is 84.0 cm³/mol. The molecule has 8 heteroatoms.